The molecule has 4 rings (SSSR count). The lowest BCUT2D eigenvalue weighted by Gasteiger charge is -2.35. The Morgan fingerprint density at radius 3 is 2.55 bits per heavy atom. The summed E-state index contributed by atoms with van der Waals surface area (Å²) in [5.74, 6) is 0.644. The maximum atomic E-state index is 13.1. The van der Waals surface area contributed by atoms with Crippen molar-refractivity contribution in [3.05, 3.63) is 46.7 Å². The van der Waals surface area contributed by atoms with Crippen molar-refractivity contribution in [1.29, 1.82) is 0 Å². The lowest BCUT2D eigenvalue weighted by Crippen LogP contribution is -2.52. The fourth-order valence-corrected chi connectivity index (χ4v) is 6.42. The van der Waals surface area contributed by atoms with Crippen LogP contribution in [-0.4, -0.2) is 87.5 Å². The van der Waals surface area contributed by atoms with Crippen LogP contribution in [0.15, 0.2) is 46.7 Å². The molecule has 2 fully saturated rings. The van der Waals surface area contributed by atoms with Gasteiger partial charge < -0.3 is 14.4 Å². The number of sulfonamides is 1. The summed E-state index contributed by atoms with van der Waals surface area (Å²) in [5, 5.41) is 2.05. The summed E-state index contributed by atoms with van der Waals surface area (Å²) in [5.41, 5.74) is 0. The minimum Gasteiger partial charge on any atom is -0.497 e. The third kappa shape index (κ3) is 6.13. The molecule has 1 amide bonds. The van der Waals surface area contributed by atoms with Crippen molar-refractivity contribution in [3.63, 3.8) is 0 Å². The summed E-state index contributed by atoms with van der Waals surface area (Å²) in [4.78, 5) is 18.5. The summed E-state index contributed by atoms with van der Waals surface area (Å²) in [6, 6.07) is 10.5. The number of carbonyl (C=O) groups is 1. The molecular weight excluding hydrogens is 462 g/mol. The highest BCUT2D eigenvalue weighted by atomic mass is 32.2. The minimum absolute atomic E-state index is 0.0334. The summed E-state index contributed by atoms with van der Waals surface area (Å²) in [6.45, 7) is 3.90. The maximum Gasteiger partial charge on any atom is 0.243 e. The van der Waals surface area contributed by atoms with Gasteiger partial charge in [0, 0.05) is 50.8 Å². The number of carbonyl (C=O) groups excluding carboxylic acids is 1. The maximum absolute atomic E-state index is 13.1. The summed E-state index contributed by atoms with van der Waals surface area (Å²) in [6.07, 6.45) is 2.26. The molecule has 1 atom stereocenters. The Balaban J connectivity index is 1.34. The molecule has 0 bridgehead atoms. The SMILES string of the molecule is COc1ccc(S(=O)(=O)N2CCN(C(=O)CN(Cc3cccs3)C[C@H]3CCCO3)CC2)cc1. The predicted molar refractivity (Wildman–Crippen MR) is 127 cm³/mol. The van der Waals surface area contributed by atoms with Gasteiger partial charge in [-0.25, -0.2) is 8.42 Å². The van der Waals surface area contributed by atoms with Gasteiger partial charge in [0.15, 0.2) is 0 Å². The Morgan fingerprint density at radius 2 is 1.94 bits per heavy atom. The molecule has 0 unspecified atom stereocenters. The number of hydrogen-bond acceptors (Lipinski definition) is 7. The van der Waals surface area contributed by atoms with E-state index in [4.69, 9.17) is 9.47 Å². The molecule has 0 saturated carbocycles. The largest absolute Gasteiger partial charge is 0.497 e. The number of hydrogen-bond donors (Lipinski definition) is 0. The molecule has 2 aliphatic heterocycles. The fraction of sp³-hybridized carbons (Fsp3) is 0.522. The number of rotatable bonds is 9. The summed E-state index contributed by atoms with van der Waals surface area (Å²) in [7, 11) is -2.05. The molecule has 0 radical (unpaired) electrons. The van der Waals surface area contributed by atoms with E-state index in [0.717, 1.165) is 32.5 Å². The van der Waals surface area contributed by atoms with E-state index in [0.29, 0.717) is 25.4 Å². The first-order chi connectivity index (χ1) is 16.0. The number of methoxy groups -OCH3 is 1. The number of amides is 1. The van der Waals surface area contributed by atoms with Crippen molar-refractivity contribution >= 4 is 27.3 Å². The number of piperazine rings is 1. The topological polar surface area (TPSA) is 79.4 Å². The van der Waals surface area contributed by atoms with E-state index >= 15 is 0 Å². The average Bonchev–Trinajstić information content (AvgIpc) is 3.53. The average molecular weight is 494 g/mol. The molecule has 33 heavy (non-hydrogen) atoms. The third-order valence-electron chi connectivity index (χ3n) is 6.09. The molecule has 0 aliphatic carbocycles. The molecule has 1 aromatic heterocycles. The van der Waals surface area contributed by atoms with Crippen molar-refractivity contribution in [1.82, 2.24) is 14.1 Å². The second kappa shape index (κ2) is 11.0. The molecular formula is C23H31N3O5S2. The van der Waals surface area contributed by atoms with Gasteiger partial charge in [-0.1, -0.05) is 6.07 Å². The standard InChI is InChI=1S/C23H31N3O5S2/c1-30-19-6-8-22(9-7-19)33(28,29)26-12-10-25(11-13-26)23(27)18-24(16-20-4-2-14-31-20)17-21-5-3-15-32-21/h3,5-9,15,20H,2,4,10-14,16-18H2,1H3/t20-/m1/s1. The molecule has 8 nitrogen and oxygen atoms in total. The Morgan fingerprint density at radius 1 is 1.18 bits per heavy atom. The van der Waals surface area contributed by atoms with Gasteiger partial charge in [-0.15, -0.1) is 11.3 Å². The molecule has 3 heterocycles. The molecule has 1 aromatic carbocycles. The first-order valence-corrected chi connectivity index (χ1v) is 13.6. The van der Waals surface area contributed by atoms with E-state index in [2.05, 4.69) is 11.0 Å². The molecule has 2 aromatic rings. The Kier molecular flexibility index (Phi) is 8.02. The summed E-state index contributed by atoms with van der Waals surface area (Å²) < 4.78 is 38.3. The normalized spacial score (nSPS) is 19.8. The highest BCUT2D eigenvalue weighted by molar-refractivity contribution is 7.89. The Bertz CT molecular complexity index is 997. The number of thiophene rings is 1. The smallest absolute Gasteiger partial charge is 0.243 e. The molecule has 0 N–H and O–H groups in total. The van der Waals surface area contributed by atoms with Crippen LogP contribution < -0.4 is 4.74 Å². The highest BCUT2D eigenvalue weighted by Crippen LogP contribution is 2.21. The van der Waals surface area contributed by atoms with Crippen molar-refractivity contribution in [3.8, 4) is 5.75 Å². The van der Waals surface area contributed by atoms with E-state index in [1.165, 1.54) is 9.18 Å². The first-order valence-electron chi connectivity index (χ1n) is 11.2. The second-order valence-electron chi connectivity index (χ2n) is 8.34. The molecule has 0 spiro atoms. The lowest BCUT2D eigenvalue weighted by molar-refractivity contribution is -0.134. The van der Waals surface area contributed by atoms with Gasteiger partial charge in [0.1, 0.15) is 5.75 Å². The van der Waals surface area contributed by atoms with Gasteiger partial charge in [-0.05, 0) is 48.6 Å². The lowest BCUT2D eigenvalue weighted by atomic mass is 10.2. The monoisotopic (exact) mass is 493 g/mol. The van der Waals surface area contributed by atoms with Crippen LogP contribution in [0.4, 0.5) is 0 Å². The Hall–Kier alpha value is -1.98. The summed E-state index contributed by atoms with van der Waals surface area (Å²) >= 11 is 1.69. The van der Waals surface area contributed by atoms with Gasteiger partial charge in [0.05, 0.1) is 24.7 Å². The van der Waals surface area contributed by atoms with Crippen LogP contribution in [0.3, 0.4) is 0 Å². The van der Waals surface area contributed by atoms with Crippen molar-refractivity contribution < 1.29 is 22.7 Å². The van der Waals surface area contributed by atoms with Gasteiger partial charge >= 0.3 is 0 Å². The molecule has 180 valence electrons. The third-order valence-corrected chi connectivity index (χ3v) is 8.87. The van der Waals surface area contributed by atoms with Gasteiger partial charge in [0.25, 0.3) is 0 Å². The highest BCUT2D eigenvalue weighted by Gasteiger charge is 2.31. The zero-order valence-corrected chi connectivity index (χ0v) is 20.5. The quantitative estimate of drug-likeness (QED) is 0.533. The van der Waals surface area contributed by atoms with Crippen molar-refractivity contribution in [2.24, 2.45) is 0 Å². The van der Waals surface area contributed by atoms with Crippen LogP contribution in [0.1, 0.15) is 17.7 Å². The van der Waals surface area contributed by atoms with Crippen LogP contribution in [0, 0.1) is 0 Å². The molecule has 10 heteroatoms. The van der Waals surface area contributed by atoms with Crippen molar-refractivity contribution in [2.75, 3.05) is 53.0 Å². The Labute approximate surface area is 199 Å². The first kappa shape index (κ1) is 24.2. The van der Waals surface area contributed by atoms with E-state index in [1.807, 2.05) is 11.4 Å². The van der Waals surface area contributed by atoms with E-state index in [1.54, 1.807) is 47.6 Å². The van der Waals surface area contributed by atoms with Gasteiger partial charge in [-0.3, -0.25) is 9.69 Å². The molecule has 2 saturated heterocycles. The van der Waals surface area contributed by atoms with Crippen LogP contribution >= 0.6 is 11.3 Å². The fourth-order valence-electron chi connectivity index (χ4n) is 4.25. The van der Waals surface area contributed by atoms with Crippen LogP contribution in [0.5, 0.6) is 5.75 Å². The molecule has 2 aliphatic rings. The number of ether oxygens (including phenoxy) is 2. The van der Waals surface area contributed by atoms with Crippen LogP contribution in [0.2, 0.25) is 0 Å². The van der Waals surface area contributed by atoms with Crippen LogP contribution in [-0.2, 0) is 26.1 Å². The zero-order valence-electron chi connectivity index (χ0n) is 18.9. The second-order valence-corrected chi connectivity index (χ2v) is 11.3. The van der Waals surface area contributed by atoms with Crippen molar-refractivity contribution in [2.45, 2.75) is 30.4 Å². The van der Waals surface area contributed by atoms with Gasteiger partial charge in [-0.2, -0.15) is 4.31 Å². The van der Waals surface area contributed by atoms with E-state index < -0.39 is 10.0 Å². The zero-order chi connectivity index (χ0) is 23.3. The van der Waals surface area contributed by atoms with E-state index in [9.17, 15) is 13.2 Å². The minimum atomic E-state index is -3.59. The predicted octanol–water partition coefficient (Wildman–Crippen LogP) is 2.27. The van der Waals surface area contributed by atoms with E-state index in [-0.39, 0.29) is 30.0 Å². The number of nitrogens with zero attached hydrogens (tertiary/aromatic N) is 3. The number of benzene rings is 1. The van der Waals surface area contributed by atoms with Gasteiger partial charge in [0.2, 0.25) is 15.9 Å². The van der Waals surface area contributed by atoms with Crippen LogP contribution in [0.25, 0.3) is 0 Å².